The molecule has 0 aliphatic rings. The van der Waals surface area contributed by atoms with E-state index in [0.29, 0.717) is 24.7 Å². The number of nitrogens with one attached hydrogen (secondary N) is 1. The first-order valence-electron chi connectivity index (χ1n) is 6.23. The van der Waals surface area contributed by atoms with E-state index < -0.39 is 0 Å². The third-order valence-electron chi connectivity index (χ3n) is 2.82. The molecule has 0 fully saturated rings. The van der Waals surface area contributed by atoms with E-state index >= 15 is 0 Å². The van der Waals surface area contributed by atoms with Crippen molar-refractivity contribution in [1.29, 1.82) is 0 Å². The molecule has 0 saturated carbocycles. The number of nitrogens with zero attached hydrogens (tertiary/aromatic N) is 3. The van der Waals surface area contributed by atoms with Crippen LogP contribution in [0.3, 0.4) is 0 Å². The zero-order valence-corrected chi connectivity index (χ0v) is 11.2. The molecular formula is C13H17N5O2. The Morgan fingerprint density at radius 3 is 2.80 bits per heavy atom. The Labute approximate surface area is 116 Å². The summed E-state index contributed by atoms with van der Waals surface area (Å²) in [6.07, 6.45) is 0.386. The van der Waals surface area contributed by atoms with Gasteiger partial charge in [0.05, 0.1) is 6.54 Å². The number of oxime groups is 1. The first kappa shape index (κ1) is 14.0. The summed E-state index contributed by atoms with van der Waals surface area (Å²) in [7, 11) is 0. The molecule has 1 heterocycles. The average Bonchev–Trinajstić information content (AvgIpc) is 2.89. The molecule has 0 spiro atoms. The van der Waals surface area contributed by atoms with Crippen LogP contribution < -0.4 is 11.1 Å². The van der Waals surface area contributed by atoms with Crippen LogP contribution >= 0.6 is 0 Å². The molecule has 20 heavy (non-hydrogen) atoms. The quantitative estimate of drug-likeness (QED) is 0.318. The predicted octanol–water partition coefficient (Wildman–Crippen LogP) is 1.35. The highest BCUT2D eigenvalue weighted by Crippen LogP contribution is 2.16. The van der Waals surface area contributed by atoms with Gasteiger partial charge in [0.2, 0.25) is 5.89 Å². The Morgan fingerprint density at radius 2 is 2.20 bits per heavy atom. The molecule has 0 amide bonds. The number of aromatic nitrogens is 2. The van der Waals surface area contributed by atoms with Crippen molar-refractivity contribution in [3.63, 3.8) is 0 Å². The number of rotatable bonds is 6. The lowest BCUT2D eigenvalue weighted by Crippen LogP contribution is -2.27. The lowest BCUT2D eigenvalue weighted by atomic mass is 10.0. The highest BCUT2D eigenvalue weighted by molar-refractivity contribution is 5.80. The SMILES string of the molecule is Cc1nc(CNC(C/C(N)=N/O)c2ccccc2)no1. The second-order valence-corrected chi connectivity index (χ2v) is 4.37. The molecular weight excluding hydrogens is 258 g/mol. The minimum atomic E-state index is -0.0918. The van der Waals surface area contributed by atoms with Gasteiger partial charge in [0.15, 0.2) is 5.82 Å². The summed E-state index contributed by atoms with van der Waals surface area (Å²) in [6.45, 7) is 2.18. The number of aryl methyl sites for hydroxylation is 1. The Morgan fingerprint density at radius 1 is 1.45 bits per heavy atom. The smallest absolute Gasteiger partial charge is 0.223 e. The molecule has 1 aromatic heterocycles. The highest BCUT2D eigenvalue weighted by atomic mass is 16.5. The van der Waals surface area contributed by atoms with Crippen LogP contribution in [0.5, 0.6) is 0 Å². The fourth-order valence-corrected chi connectivity index (χ4v) is 1.87. The van der Waals surface area contributed by atoms with Crippen LogP contribution in [-0.2, 0) is 6.54 Å². The number of benzene rings is 1. The molecule has 0 radical (unpaired) electrons. The van der Waals surface area contributed by atoms with Crippen molar-refractivity contribution in [3.8, 4) is 0 Å². The Bertz CT molecular complexity index is 567. The third kappa shape index (κ3) is 3.79. The van der Waals surface area contributed by atoms with Crippen LogP contribution in [0.2, 0.25) is 0 Å². The van der Waals surface area contributed by atoms with Gasteiger partial charge in [-0.3, -0.25) is 0 Å². The molecule has 0 aliphatic heterocycles. The van der Waals surface area contributed by atoms with Crippen molar-refractivity contribution in [3.05, 3.63) is 47.6 Å². The zero-order valence-electron chi connectivity index (χ0n) is 11.2. The fraction of sp³-hybridized carbons (Fsp3) is 0.308. The highest BCUT2D eigenvalue weighted by Gasteiger charge is 2.14. The van der Waals surface area contributed by atoms with Crippen LogP contribution in [0, 0.1) is 6.92 Å². The summed E-state index contributed by atoms with van der Waals surface area (Å²) in [5.41, 5.74) is 6.64. The van der Waals surface area contributed by atoms with Crippen molar-refractivity contribution in [2.45, 2.75) is 25.9 Å². The molecule has 4 N–H and O–H groups in total. The van der Waals surface area contributed by atoms with E-state index in [0.717, 1.165) is 5.56 Å². The van der Waals surface area contributed by atoms with Crippen molar-refractivity contribution < 1.29 is 9.73 Å². The first-order chi connectivity index (χ1) is 9.69. The van der Waals surface area contributed by atoms with Crippen molar-refractivity contribution in [1.82, 2.24) is 15.5 Å². The van der Waals surface area contributed by atoms with E-state index in [2.05, 4.69) is 20.6 Å². The van der Waals surface area contributed by atoms with Crippen molar-refractivity contribution in [2.24, 2.45) is 10.9 Å². The number of hydrogen-bond donors (Lipinski definition) is 3. The van der Waals surface area contributed by atoms with Crippen LogP contribution in [0.25, 0.3) is 0 Å². The van der Waals surface area contributed by atoms with Gasteiger partial charge in [-0.05, 0) is 5.56 Å². The monoisotopic (exact) mass is 275 g/mol. The second kappa shape index (κ2) is 6.67. The third-order valence-corrected chi connectivity index (χ3v) is 2.82. The van der Waals surface area contributed by atoms with Gasteiger partial charge in [-0.2, -0.15) is 4.98 Å². The molecule has 1 unspecified atom stereocenters. The van der Waals surface area contributed by atoms with E-state index in [9.17, 15) is 0 Å². The molecule has 106 valence electrons. The van der Waals surface area contributed by atoms with Crippen molar-refractivity contribution in [2.75, 3.05) is 0 Å². The van der Waals surface area contributed by atoms with Crippen LogP contribution in [0.1, 0.15) is 29.7 Å². The van der Waals surface area contributed by atoms with E-state index in [-0.39, 0.29) is 11.9 Å². The number of hydrogen-bond acceptors (Lipinski definition) is 6. The van der Waals surface area contributed by atoms with Gasteiger partial charge in [-0.25, -0.2) is 0 Å². The Hall–Kier alpha value is -2.41. The molecule has 7 nitrogen and oxygen atoms in total. The van der Waals surface area contributed by atoms with E-state index in [1.165, 1.54) is 0 Å². The van der Waals surface area contributed by atoms with Gasteiger partial charge in [0.25, 0.3) is 0 Å². The van der Waals surface area contributed by atoms with Crippen LogP contribution in [0.15, 0.2) is 40.0 Å². The maximum Gasteiger partial charge on any atom is 0.223 e. The normalized spacial score (nSPS) is 13.3. The fourth-order valence-electron chi connectivity index (χ4n) is 1.87. The predicted molar refractivity (Wildman–Crippen MR) is 73.1 cm³/mol. The van der Waals surface area contributed by atoms with E-state index in [1.807, 2.05) is 30.3 Å². The molecule has 2 rings (SSSR count). The van der Waals surface area contributed by atoms with Gasteiger partial charge >= 0.3 is 0 Å². The van der Waals surface area contributed by atoms with Gasteiger partial charge in [-0.1, -0.05) is 40.6 Å². The topological polar surface area (TPSA) is 110 Å². The molecule has 0 saturated heterocycles. The van der Waals surface area contributed by atoms with Crippen LogP contribution in [0.4, 0.5) is 0 Å². The second-order valence-electron chi connectivity index (χ2n) is 4.37. The summed E-state index contributed by atoms with van der Waals surface area (Å²) in [6, 6.07) is 9.68. The van der Waals surface area contributed by atoms with Crippen molar-refractivity contribution >= 4 is 5.84 Å². The largest absolute Gasteiger partial charge is 0.409 e. The summed E-state index contributed by atoms with van der Waals surface area (Å²) < 4.78 is 4.92. The minimum absolute atomic E-state index is 0.0918. The Kier molecular flexibility index (Phi) is 4.67. The lowest BCUT2D eigenvalue weighted by Gasteiger charge is -2.17. The standard InChI is InChI=1S/C13H17N5O2/c1-9-16-13(18-20-9)8-15-11(7-12(14)17-19)10-5-3-2-4-6-10/h2-6,11,15,19H,7-8H2,1H3,(H2,14,17). The van der Waals surface area contributed by atoms with Gasteiger partial charge in [0.1, 0.15) is 5.84 Å². The van der Waals surface area contributed by atoms with Crippen LogP contribution in [-0.4, -0.2) is 21.2 Å². The summed E-state index contributed by atoms with van der Waals surface area (Å²) in [5.74, 6) is 1.26. The molecule has 0 aliphatic carbocycles. The summed E-state index contributed by atoms with van der Waals surface area (Å²) in [4.78, 5) is 4.12. The first-order valence-corrected chi connectivity index (χ1v) is 6.23. The maximum atomic E-state index is 8.71. The Balaban J connectivity index is 2.06. The molecule has 7 heteroatoms. The number of amidine groups is 1. The molecule has 2 aromatic rings. The summed E-state index contributed by atoms with van der Waals surface area (Å²) in [5, 5.41) is 18.8. The average molecular weight is 275 g/mol. The molecule has 1 aromatic carbocycles. The maximum absolute atomic E-state index is 8.71. The summed E-state index contributed by atoms with van der Waals surface area (Å²) >= 11 is 0. The van der Waals surface area contributed by atoms with E-state index in [4.69, 9.17) is 15.5 Å². The zero-order chi connectivity index (χ0) is 14.4. The van der Waals surface area contributed by atoms with E-state index in [1.54, 1.807) is 6.92 Å². The van der Waals surface area contributed by atoms with Gasteiger partial charge in [-0.15, -0.1) is 0 Å². The van der Waals surface area contributed by atoms with Gasteiger partial charge in [0, 0.05) is 19.4 Å². The lowest BCUT2D eigenvalue weighted by molar-refractivity contribution is 0.315. The minimum Gasteiger partial charge on any atom is -0.409 e. The van der Waals surface area contributed by atoms with Gasteiger partial charge < -0.3 is 20.8 Å². The number of nitrogens with two attached hydrogens (primary N) is 1. The molecule has 1 atom stereocenters. The molecule has 0 bridgehead atoms.